The lowest BCUT2D eigenvalue weighted by atomic mass is 9.87. The Morgan fingerprint density at radius 3 is 2.44 bits per heavy atom. The lowest BCUT2D eigenvalue weighted by molar-refractivity contribution is -0.116. The van der Waals surface area contributed by atoms with Gasteiger partial charge in [0, 0.05) is 19.0 Å². The van der Waals surface area contributed by atoms with Crippen LogP contribution >= 0.6 is 0 Å². The highest BCUT2D eigenvalue weighted by molar-refractivity contribution is 5.89. The van der Waals surface area contributed by atoms with Crippen molar-refractivity contribution in [3.8, 4) is 0 Å². The molecule has 0 spiro atoms. The second kappa shape index (κ2) is 9.21. The van der Waals surface area contributed by atoms with Gasteiger partial charge in [-0.05, 0) is 29.4 Å². The van der Waals surface area contributed by atoms with Gasteiger partial charge in [0.1, 0.15) is 5.82 Å². The summed E-state index contributed by atoms with van der Waals surface area (Å²) in [5.41, 5.74) is 7.52. The van der Waals surface area contributed by atoms with E-state index >= 15 is 0 Å². The summed E-state index contributed by atoms with van der Waals surface area (Å²) in [5.74, 6) is 0.606. The average molecular weight is 371 g/mol. The van der Waals surface area contributed by atoms with Crippen LogP contribution in [0.2, 0.25) is 0 Å². The molecule has 2 rings (SSSR count). The molecule has 4 N–H and O–H groups in total. The van der Waals surface area contributed by atoms with Gasteiger partial charge in [-0.15, -0.1) is 0 Å². The number of hydrogen-bond acceptors (Lipinski definition) is 3. The van der Waals surface area contributed by atoms with E-state index < -0.39 is 6.03 Å². The molecule has 7 nitrogen and oxygen atoms in total. The number of rotatable bonds is 8. The second-order valence-corrected chi connectivity index (χ2v) is 7.62. The molecule has 1 heterocycles. The SMILES string of the molecule is CC(C)(C)c1ccc(Cn2nccc2NC(=O)CCCCNC(N)=O)cc1. The van der Waals surface area contributed by atoms with Crippen LogP contribution in [-0.2, 0) is 16.8 Å². The van der Waals surface area contributed by atoms with Crippen molar-refractivity contribution in [3.05, 3.63) is 47.7 Å². The Morgan fingerprint density at radius 2 is 1.81 bits per heavy atom. The first kappa shape index (κ1) is 20.5. The van der Waals surface area contributed by atoms with Gasteiger partial charge in [-0.2, -0.15) is 5.10 Å². The zero-order chi connectivity index (χ0) is 19.9. The van der Waals surface area contributed by atoms with Gasteiger partial charge in [0.2, 0.25) is 5.91 Å². The molecule has 27 heavy (non-hydrogen) atoms. The minimum atomic E-state index is -0.543. The first-order chi connectivity index (χ1) is 12.8. The third-order valence-corrected chi connectivity index (χ3v) is 4.27. The molecule has 7 heteroatoms. The van der Waals surface area contributed by atoms with Crippen LogP contribution in [0.3, 0.4) is 0 Å². The summed E-state index contributed by atoms with van der Waals surface area (Å²) in [7, 11) is 0. The van der Waals surface area contributed by atoms with Crippen LogP contribution in [-0.4, -0.2) is 28.3 Å². The number of unbranched alkanes of at least 4 members (excludes halogenated alkanes) is 1. The Kier molecular flexibility index (Phi) is 6.98. The van der Waals surface area contributed by atoms with Crippen molar-refractivity contribution in [1.82, 2.24) is 15.1 Å². The number of carbonyl (C=O) groups is 2. The van der Waals surface area contributed by atoms with Crippen molar-refractivity contribution in [2.24, 2.45) is 5.73 Å². The summed E-state index contributed by atoms with van der Waals surface area (Å²) in [4.78, 5) is 22.7. The minimum absolute atomic E-state index is 0.0705. The van der Waals surface area contributed by atoms with Crippen LogP contribution in [0.1, 0.15) is 51.2 Å². The van der Waals surface area contributed by atoms with Crippen LogP contribution in [0.25, 0.3) is 0 Å². The predicted octanol–water partition coefficient (Wildman–Crippen LogP) is 3.01. The zero-order valence-electron chi connectivity index (χ0n) is 16.3. The van der Waals surface area contributed by atoms with Crippen LogP contribution in [0.15, 0.2) is 36.5 Å². The van der Waals surface area contributed by atoms with Crippen molar-refractivity contribution in [2.75, 3.05) is 11.9 Å². The lowest BCUT2D eigenvalue weighted by Gasteiger charge is -2.19. The predicted molar refractivity (Wildman–Crippen MR) is 107 cm³/mol. The van der Waals surface area contributed by atoms with Gasteiger partial charge in [0.05, 0.1) is 12.7 Å². The molecule has 0 radical (unpaired) electrons. The number of primary amides is 1. The molecular weight excluding hydrogens is 342 g/mol. The summed E-state index contributed by atoms with van der Waals surface area (Å²) in [6, 6.07) is 9.71. The smallest absolute Gasteiger partial charge is 0.312 e. The Labute approximate surface area is 160 Å². The van der Waals surface area contributed by atoms with Gasteiger partial charge in [-0.3, -0.25) is 4.79 Å². The molecule has 0 saturated heterocycles. The van der Waals surface area contributed by atoms with Gasteiger partial charge in [0.15, 0.2) is 0 Å². The monoisotopic (exact) mass is 371 g/mol. The van der Waals surface area contributed by atoms with Crippen molar-refractivity contribution in [1.29, 1.82) is 0 Å². The van der Waals surface area contributed by atoms with Crippen LogP contribution in [0.4, 0.5) is 10.6 Å². The standard InChI is InChI=1S/C20H29N5O2/c1-20(2,3)16-9-7-15(8-10-16)14-25-17(11-13-23-25)24-18(26)6-4-5-12-22-19(21)27/h7-11,13H,4-6,12,14H2,1-3H3,(H,24,26)(H3,21,22,27). The topological polar surface area (TPSA) is 102 Å². The minimum Gasteiger partial charge on any atom is -0.352 e. The van der Waals surface area contributed by atoms with Crippen molar-refractivity contribution >= 4 is 17.8 Å². The Hall–Kier alpha value is -2.83. The third kappa shape index (κ3) is 6.77. The van der Waals surface area contributed by atoms with Crippen molar-refractivity contribution < 1.29 is 9.59 Å². The lowest BCUT2D eigenvalue weighted by Crippen LogP contribution is -2.30. The maximum Gasteiger partial charge on any atom is 0.312 e. The van der Waals surface area contributed by atoms with E-state index in [4.69, 9.17) is 5.73 Å². The highest BCUT2D eigenvalue weighted by atomic mass is 16.2. The highest BCUT2D eigenvalue weighted by Crippen LogP contribution is 2.22. The molecule has 0 aliphatic rings. The zero-order valence-corrected chi connectivity index (χ0v) is 16.3. The normalized spacial score (nSPS) is 11.2. The van der Waals surface area contributed by atoms with E-state index in [1.54, 1.807) is 16.9 Å². The molecule has 0 unspecified atom stereocenters. The first-order valence-electron chi connectivity index (χ1n) is 9.20. The number of amides is 3. The average Bonchev–Trinajstić information content (AvgIpc) is 3.00. The van der Waals surface area contributed by atoms with Crippen LogP contribution < -0.4 is 16.4 Å². The van der Waals surface area contributed by atoms with E-state index in [2.05, 4.69) is 60.8 Å². The van der Waals surface area contributed by atoms with Crippen LogP contribution in [0.5, 0.6) is 0 Å². The molecular formula is C20H29N5O2. The number of carbonyl (C=O) groups excluding carboxylic acids is 2. The molecule has 0 aliphatic heterocycles. The van der Waals surface area contributed by atoms with Gasteiger partial charge in [-0.1, -0.05) is 45.0 Å². The maximum absolute atomic E-state index is 12.1. The summed E-state index contributed by atoms with van der Waals surface area (Å²) in [6.45, 7) is 7.63. The van der Waals surface area contributed by atoms with E-state index in [1.165, 1.54) is 5.56 Å². The second-order valence-electron chi connectivity index (χ2n) is 7.62. The Balaban J connectivity index is 1.86. The number of anilines is 1. The van der Waals surface area contributed by atoms with Gasteiger partial charge >= 0.3 is 6.03 Å². The fourth-order valence-corrected chi connectivity index (χ4v) is 2.68. The summed E-state index contributed by atoms with van der Waals surface area (Å²) < 4.78 is 1.78. The number of urea groups is 1. The fourth-order valence-electron chi connectivity index (χ4n) is 2.68. The molecule has 1 aromatic carbocycles. The highest BCUT2D eigenvalue weighted by Gasteiger charge is 2.13. The van der Waals surface area contributed by atoms with Crippen molar-refractivity contribution in [2.45, 2.75) is 52.0 Å². The van der Waals surface area contributed by atoms with Gasteiger partial charge < -0.3 is 16.4 Å². The first-order valence-corrected chi connectivity index (χ1v) is 9.20. The summed E-state index contributed by atoms with van der Waals surface area (Å²) in [5, 5.41) is 9.71. The van der Waals surface area contributed by atoms with E-state index in [-0.39, 0.29) is 11.3 Å². The summed E-state index contributed by atoms with van der Waals surface area (Å²) >= 11 is 0. The molecule has 0 saturated carbocycles. The number of nitrogens with zero attached hydrogens (tertiary/aromatic N) is 2. The van der Waals surface area contributed by atoms with E-state index in [9.17, 15) is 9.59 Å². The third-order valence-electron chi connectivity index (χ3n) is 4.27. The quantitative estimate of drug-likeness (QED) is 0.622. The van der Waals surface area contributed by atoms with E-state index in [1.807, 2.05) is 0 Å². The number of nitrogens with one attached hydrogen (secondary N) is 2. The van der Waals surface area contributed by atoms with Crippen molar-refractivity contribution in [3.63, 3.8) is 0 Å². The fraction of sp³-hybridized carbons (Fsp3) is 0.450. The van der Waals surface area contributed by atoms with Gasteiger partial charge in [0.25, 0.3) is 0 Å². The largest absolute Gasteiger partial charge is 0.352 e. The number of hydrogen-bond donors (Lipinski definition) is 3. The Bertz CT molecular complexity index is 759. The maximum atomic E-state index is 12.1. The molecule has 0 atom stereocenters. The summed E-state index contributed by atoms with van der Waals surface area (Å²) in [6.07, 6.45) is 3.44. The molecule has 2 aromatic rings. The Morgan fingerprint density at radius 1 is 1.11 bits per heavy atom. The molecule has 0 fully saturated rings. The number of nitrogens with two attached hydrogens (primary N) is 1. The molecule has 146 valence electrons. The number of aromatic nitrogens is 2. The van der Waals surface area contributed by atoms with E-state index in [0.29, 0.717) is 38.2 Å². The van der Waals surface area contributed by atoms with E-state index in [0.717, 1.165) is 5.56 Å². The number of benzene rings is 1. The molecule has 3 amide bonds. The van der Waals surface area contributed by atoms with Gasteiger partial charge in [-0.25, -0.2) is 9.48 Å². The van der Waals surface area contributed by atoms with Crippen LogP contribution in [0, 0.1) is 0 Å². The molecule has 0 aliphatic carbocycles. The molecule has 0 bridgehead atoms. The molecule has 1 aromatic heterocycles.